The largest absolute Gasteiger partial charge is 0.507 e. The number of carbonyl (C=O) groups excluding carboxylic acids is 2. The number of nitro benzene ring substituents is 1. The lowest BCUT2D eigenvalue weighted by Crippen LogP contribution is -2.18. The van der Waals surface area contributed by atoms with Crippen LogP contribution in [0.25, 0.3) is 0 Å². The summed E-state index contributed by atoms with van der Waals surface area (Å²) >= 11 is 3.31. The number of phenolic OH excluding ortho intramolecular Hbond substituents is 1. The van der Waals surface area contributed by atoms with Gasteiger partial charge in [0.05, 0.1) is 11.1 Å². The number of rotatable bonds is 8. The monoisotopic (exact) mass is 448 g/mol. The van der Waals surface area contributed by atoms with Gasteiger partial charge in [0.15, 0.2) is 0 Å². The van der Waals surface area contributed by atoms with Gasteiger partial charge in [-0.05, 0) is 30.7 Å². The number of nitrogens with one attached hydrogen (secondary N) is 2. The molecule has 0 unspecified atom stereocenters. The number of nitro groups is 1. The molecule has 10 heteroatoms. The van der Waals surface area contributed by atoms with E-state index in [-0.39, 0.29) is 35.7 Å². The van der Waals surface area contributed by atoms with Crippen molar-refractivity contribution in [2.24, 2.45) is 5.10 Å². The van der Waals surface area contributed by atoms with E-state index in [1.165, 1.54) is 6.07 Å². The highest BCUT2D eigenvalue weighted by atomic mass is 79.9. The summed E-state index contributed by atoms with van der Waals surface area (Å²) in [5, 5.41) is 26.8. The number of aromatic hydroxyl groups is 1. The number of amides is 2. The first-order chi connectivity index (χ1) is 13.3. The van der Waals surface area contributed by atoms with Crippen LogP contribution in [0.15, 0.2) is 52.0 Å². The average molecular weight is 449 g/mol. The maximum atomic E-state index is 11.9. The van der Waals surface area contributed by atoms with Gasteiger partial charge in [-0.15, -0.1) is 0 Å². The predicted molar refractivity (Wildman–Crippen MR) is 107 cm³/mol. The van der Waals surface area contributed by atoms with Gasteiger partial charge in [0, 0.05) is 40.7 Å². The van der Waals surface area contributed by atoms with E-state index in [0.717, 1.165) is 22.8 Å². The maximum Gasteiger partial charge on any atom is 0.270 e. The van der Waals surface area contributed by atoms with E-state index in [1.54, 1.807) is 18.2 Å². The molecule has 0 fully saturated rings. The molecule has 0 bridgehead atoms. The van der Waals surface area contributed by atoms with Gasteiger partial charge in [-0.1, -0.05) is 22.0 Å². The fourth-order valence-electron chi connectivity index (χ4n) is 2.19. The molecule has 146 valence electrons. The fraction of sp³-hybridized carbons (Fsp3) is 0.167. The minimum atomic E-state index is -0.603. The van der Waals surface area contributed by atoms with Crippen molar-refractivity contribution >= 4 is 45.3 Å². The van der Waals surface area contributed by atoms with Crippen LogP contribution in [0.3, 0.4) is 0 Å². The summed E-state index contributed by atoms with van der Waals surface area (Å²) in [6, 6.07) is 10.6. The standard InChI is InChI=1S/C18H17BrN4O5/c19-13-3-1-4-14(10-13)21-17(25)5-2-6-18(26)22-20-11-12-9-15(23(27)28)7-8-16(12)24/h1,3-4,7-11,24H,2,5-6H2,(H,21,25)(H,22,26)/b20-11-. The van der Waals surface area contributed by atoms with Gasteiger partial charge in [-0.2, -0.15) is 5.10 Å². The molecule has 2 amide bonds. The summed E-state index contributed by atoms with van der Waals surface area (Å²) in [6.45, 7) is 0. The van der Waals surface area contributed by atoms with Crippen molar-refractivity contribution in [1.29, 1.82) is 0 Å². The number of hydrogen-bond acceptors (Lipinski definition) is 6. The zero-order valence-corrected chi connectivity index (χ0v) is 16.2. The number of benzene rings is 2. The van der Waals surface area contributed by atoms with Gasteiger partial charge in [0.1, 0.15) is 5.75 Å². The Labute approximate surface area is 168 Å². The Morgan fingerprint density at radius 1 is 1.18 bits per heavy atom. The van der Waals surface area contributed by atoms with E-state index in [0.29, 0.717) is 12.1 Å². The molecule has 0 saturated heterocycles. The van der Waals surface area contributed by atoms with Gasteiger partial charge in [-0.3, -0.25) is 19.7 Å². The number of non-ortho nitro benzene ring substituents is 1. The molecule has 2 aromatic carbocycles. The highest BCUT2D eigenvalue weighted by Gasteiger charge is 2.09. The van der Waals surface area contributed by atoms with Gasteiger partial charge in [-0.25, -0.2) is 5.43 Å². The molecule has 0 aliphatic carbocycles. The van der Waals surface area contributed by atoms with E-state index in [4.69, 9.17) is 0 Å². The zero-order valence-electron chi connectivity index (χ0n) is 14.6. The highest BCUT2D eigenvalue weighted by molar-refractivity contribution is 9.10. The van der Waals surface area contributed by atoms with Gasteiger partial charge >= 0.3 is 0 Å². The lowest BCUT2D eigenvalue weighted by atomic mass is 10.2. The smallest absolute Gasteiger partial charge is 0.270 e. The number of hydrazone groups is 1. The molecule has 2 aromatic rings. The van der Waals surface area contributed by atoms with Crippen LogP contribution in [-0.2, 0) is 9.59 Å². The van der Waals surface area contributed by atoms with Crippen molar-refractivity contribution in [1.82, 2.24) is 5.43 Å². The summed E-state index contributed by atoms with van der Waals surface area (Å²) in [4.78, 5) is 33.7. The molecule has 0 spiro atoms. The summed E-state index contributed by atoms with van der Waals surface area (Å²) < 4.78 is 0.845. The maximum absolute atomic E-state index is 11.9. The Kier molecular flexibility index (Phi) is 7.64. The van der Waals surface area contributed by atoms with Crippen molar-refractivity contribution in [3.8, 4) is 5.75 Å². The van der Waals surface area contributed by atoms with Crippen LogP contribution in [0.5, 0.6) is 5.75 Å². The van der Waals surface area contributed by atoms with Crippen LogP contribution in [0.1, 0.15) is 24.8 Å². The number of halogens is 1. The first-order valence-electron chi connectivity index (χ1n) is 8.20. The van der Waals surface area contributed by atoms with Crippen LogP contribution >= 0.6 is 15.9 Å². The van der Waals surface area contributed by atoms with Gasteiger partial charge in [0.25, 0.3) is 5.69 Å². The summed E-state index contributed by atoms with van der Waals surface area (Å²) in [7, 11) is 0. The van der Waals surface area contributed by atoms with Crippen LogP contribution in [0.2, 0.25) is 0 Å². The second-order valence-corrected chi connectivity index (χ2v) is 6.62. The first kappa shape index (κ1) is 21.0. The van der Waals surface area contributed by atoms with E-state index in [9.17, 15) is 24.8 Å². The SMILES string of the molecule is O=C(CCCC(=O)Nc1cccc(Br)c1)N/N=C\c1cc([N+](=O)[O-])ccc1O. The molecule has 0 radical (unpaired) electrons. The number of phenols is 1. The van der Waals surface area contributed by atoms with Gasteiger partial charge in [0.2, 0.25) is 11.8 Å². The Hall–Kier alpha value is -3.27. The third kappa shape index (κ3) is 6.80. The van der Waals surface area contributed by atoms with Gasteiger partial charge < -0.3 is 10.4 Å². The van der Waals surface area contributed by atoms with Crippen molar-refractivity contribution < 1.29 is 19.6 Å². The number of carbonyl (C=O) groups is 2. The van der Waals surface area contributed by atoms with Crippen LogP contribution in [0.4, 0.5) is 11.4 Å². The highest BCUT2D eigenvalue weighted by Crippen LogP contribution is 2.21. The second-order valence-electron chi connectivity index (χ2n) is 5.71. The quantitative estimate of drug-likeness (QED) is 0.323. The second kappa shape index (κ2) is 10.2. The van der Waals surface area contributed by atoms with Crippen molar-refractivity contribution in [3.63, 3.8) is 0 Å². The summed E-state index contributed by atoms with van der Waals surface area (Å²) in [6.07, 6.45) is 1.67. The molecule has 0 aromatic heterocycles. The lowest BCUT2D eigenvalue weighted by Gasteiger charge is -2.05. The summed E-state index contributed by atoms with van der Waals surface area (Å²) in [5.41, 5.74) is 2.80. The number of hydrogen-bond donors (Lipinski definition) is 3. The van der Waals surface area contributed by atoms with E-state index < -0.39 is 10.8 Å². The zero-order chi connectivity index (χ0) is 20.5. The molecule has 28 heavy (non-hydrogen) atoms. The number of anilines is 1. The summed E-state index contributed by atoms with van der Waals surface area (Å²) in [5.74, 6) is -0.833. The molecule has 3 N–H and O–H groups in total. The first-order valence-corrected chi connectivity index (χ1v) is 8.99. The Morgan fingerprint density at radius 2 is 1.93 bits per heavy atom. The number of nitrogens with zero attached hydrogens (tertiary/aromatic N) is 2. The van der Waals surface area contributed by atoms with Crippen LogP contribution in [0, 0.1) is 10.1 Å². The van der Waals surface area contributed by atoms with Crippen molar-refractivity contribution in [2.75, 3.05) is 5.32 Å². The Bertz CT molecular complexity index is 917. The molecular weight excluding hydrogens is 432 g/mol. The average Bonchev–Trinajstić information content (AvgIpc) is 2.63. The minimum absolute atomic E-state index is 0.0736. The van der Waals surface area contributed by atoms with Crippen molar-refractivity contribution in [2.45, 2.75) is 19.3 Å². The molecule has 2 rings (SSSR count). The fourth-order valence-corrected chi connectivity index (χ4v) is 2.59. The third-order valence-electron chi connectivity index (χ3n) is 3.53. The molecule has 0 atom stereocenters. The molecule has 0 saturated carbocycles. The van der Waals surface area contributed by atoms with E-state index >= 15 is 0 Å². The molecule has 9 nitrogen and oxygen atoms in total. The topological polar surface area (TPSA) is 134 Å². The predicted octanol–water partition coefficient (Wildman–Crippen LogP) is 3.32. The molecule has 0 aliphatic rings. The lowest BCUT2D eigenvalue weighted by molar-refractivity contribution is -0.384. The third-order valence-corrected chi connectivity index (χ3v) is 4.02. The van der Waals surface area contributed by atoms with Crippen LogP contribution < -0.4 is 10.7 Å². The van der Waals surface area contributed by atoms with Crippen molar-refractivity contribution in [3.05, 3.63) is 62.6 Å². The molecule has 0 aliphatic heterocycles. The Morgan fingerprint density at radius 3 is 2.64 bits per heavy atom. The molecular formula is C18H17BrN4O5. The molecule has 0 heterocycles. The normalized spacial score (nSPS) is 10.6. The van der Waals surface area contributed by atoms with E-state index in [1.807, 2.05) is 6.07 Å². The Balaban J connectivity index is 1.75. The van der Waals surface area contributed by atoms with E-state index in [2.05, 4.69) is 31.8 Å². The van der Waals surface area contributed by atoms with Crippen LogP contribution in [-0.4, -0.2) is 28.1 Å². The minimum Gasteiger partial charge on any atom is -0.507 e.